The molecule has 0 heterocycles. The molecule has 1 aromatic carbocycles. The molecule has 0 aliphatic heterocycles. The van der Waals surface area contributed by atoms with Crippen LogP contribution in [-0.2, 0) is 6.42 Å². The molecule has 1 atom stereocenters. The van der Waals surface area contributed by atoms with E-state index in [1.54, 1.807) is 5.57 Å². The van der Waals surface area contributed by atoms with Gasteiger partial charge in [-0.15, -0.1) is 0 Å². The Hall–Kier alpha value is -1.38. The van der Waals surface area contributed by atoms with Crippen molar-refractivity contribution in [1.82, 2.24) is 0 Å². The Morgan fingerprint density at radius 2 is 1.45 bits per heavy atom. The van der Waals surface area contributed by atoms with E-state index in [1.807, 2.05) is 27.7 Å². The zero-order valence-electron chi connectivity index (χ0n) is 22.9. The Kier molecular flexibility index (Phi) is 39.7. The van der Waals surface area contributed by atoms with Crippen LogP contribution >= 0.6 is 0 Å². The highest BCUT2D eigenvalue weighted by atomic mass is 14.5. The lowest BCUT2D eigenvalue weighted by atomic mass is 9.90. The Morgan fingerprint density at radius 1 is 0.935 bits per heavy atom. The summed E-state index contributed by atoms with van der Waals surface area (Å²) in [6, 6.07) is 8.78. The van der Waals surface area contributed by atoms with Crippen molar-refractivity contribution < 1.29 is 1.43 Å². The molecular weight excluding hydrogens is 376 g/mol. The van der Waals surface area contributed by atoms with Crippen LogP contribution in [0.4, 0.5) is 0 Å². The summed E-state index contributed by atoms with van der Waals surface area (Å²) < 4.78 is 0. The van der Waals surface area contributed by atoms with Crippen molar-refractivity contribution in [3.8, 4) is 0 Å². The fourth-order valence-corrected chi connectivity index (χ4v) is 2.72. The summed E-state index contributed by atoms with van der Waals surface area (Å²) >= 11 is 0. The average molecular weight is 437 g/mol. The van der Waals surface area contributed by atoms with Gasteiger partial charge in [0.25, 0.3) is 0 Å². The van der Waals surface area contributed by atoms with Crippen LogP contribution in [0.15, 0.2) is 48.1 Å². The third-order valence-electron chi connectivity index (χ3n) is 4.16. The monoisotopic (exact) mass is 436 g/mol. The summed E-state index contributed by atoms with van der Waals surface area (Å²) in [7, 11) is 1.50. The number of rotatable bonds is 10. The van der Waals surface area contributed by atoms with E-state index in [2.05, 4.69) is 82.8 Å². The van der Waals surface area contributed by atoms with Gasteiger partial charge in [-0.1, -0.05) is 122 Å². The summed E-state index contributed by atoms with van der Waals surface area (Å²) in [5.41, 5.74) is 14.8. The molecule has 186 valence electrons. The molecule has 2 nitrogen and oxygen atoms in total. The standard InChI is InChI=1S/C21H33N.C3H8.2C2H6.CH5N.H2/c1-4-6-11-20(9-5-2)21(17-22)12-8-7-10-19-15-13-18(3)14-16-19;1-3-2;3*1-2;/h7-9,13-16,21H,4-6,10-12,17,22H2,1-3H3;3H2,1-2H3;2*1-2H3;2H2,1H3;1H/b8-7-,20-9-;;;;;. The van der Waals surface area contributed by atoms with E-state index in [-0.39, 0.29) is 1.43 Å². The predicted octanol–water partition coefficient (Wildman–Crippen LogP) is 8.87. The summed E-state index contributed by atoms with van der Waals surface area (Å²) in [6.45, 7) is 19.6. The zero-order chi connectivity index (χ0) is 24.9. The van der Waals surface area contributed by atoms with Crippen molar-refractivity contribution in [2.24, 2.45) is 17.4 Å². The van der Waals surface area contributed by atoms with Gasteiger partial charge in [-0.25, -0.2) is 0 Å². The first-order valence-corrected chi connectivity index (χ1v) is 12.8. The van der Waals surface area contributed by atoms with Gasteiger partial charge in [-0.2, -0.15) is 0 Å². The van der Waals surface area contributed by atoms with Gasteiger partial charge < -0.3 is 11.5 Å². The van der Waals surface area contributed by atoms with Crippen LogP contribution in [0, 0.1) is 12.8 Å². The number of hydrogen-bond donors (Lipinski definition) is 2. The van der Waals surface area contributed by atoms with E-state index in [0.29, 0.717) is 5.92 Å². The van der Waals surface area contributed by atoms with Crippen LogP contribution in [0.2, 0.25) is 0 Å². The first-order chi connectivity index (χ1) is 15.1. The average Bonchev–Trinajstić information content (AvgIpc) is 2.83. The molecule has 0 amide bonds. The maximum atomic E-state index is 6.01. The third kappa shape index (κ3) is 24.8. The van der Waals surface area contributed by atoms with Gasteiger partial charge in [0, 0.05) is 1.43 Å². The number of nitrogens with two attached hydrogens (primary N) is 2. The summed E-state index contributed by atoms with van der Waals surface area (Å²) in [5.74, 6) is 0.515. The number of allylic oxidation sites excluding steroid dienone is 3. The van der Waals surface area contributed by atoms with E-state index >= 15 is 0 Å². The van der Waals surface area contributed by atoms with E-state index in [1.165, 1.54) is 43.9 Å². The number of unbranched alkanes of at least 4 members (excludes halogenated alkanes) is 1. The third-order valence-corrected chi connectivity index (χ3v) is 4.16. The normalized spacial score (nSPS) is 10.9. The van der Waals surface area contributed by atoms with Gasteiger partial charge in [0.1, 0.15) is 0 Å². The molecule has 4 N–H and O–H groups in total. The molecule has 0 aliphatic carbocycles. The molecule has 0 spiro atoms. The minimum Gasteiger partial charge on any atom is -0.333 e. The first-order valence-electron chi connectivity index (χ1n) is 12.8. The van der Waals surface area contributed by atoms with Gasteiger partial charge in [0.05, 0.1) is 0 Å². The molecule has 1 unspecified atom stereocenters. The lowest BCUT2D eigenvalue weighted by molar-refractivity contribution is 0.588. The number of benzene rings is 1. The Labute approximate surface area is 199 Å². The van der Waals surface area contributed by atoms with Crippen molar-refractivity contribution >= 4 is 0 Å². The van der Waals surface area contributed by atoms with Crippen LogP contribution in [0.5, 0.6) is 0 Å². The van der Waals surface area contributed by atoms with Gasteiger partial charge in [-0.05, 0) is 64.1 Å². The molecule has 0 saturated heterocycles. The quantitative estimate of drug-likeness (QED) is 0.360. The molecule has 0 saturated carbocycles. The maximum absolute atomic E-state index is 6.01. The molecule has 1 rings (SSSR count). The highest BCUT2D eigenvalue weighted by molar-refractivity contribution is 5.23. The summed E-state index contributed by atoms with van der Waals surface area (Å²) in [4.78, 5) is 0. The Balaban J connectivity index is -0.000000213. The Bertz CT molecular complexity index is 478. The minimum absolute atomic E-state index is 0. The molecule has 0 radical (unpaired) electrons. The molecule has 0 aliphatic rings. The number of hydrogen-bond acceptors (Lipinski definition) is 2. The van der Waals surface area contributed by atoms with E-state index in [0.717, 1.165) is 25.8 Å². The molecule has 0 bridgehead atoms. The molecular formula is C29H60N2. The van der Waals surface area contributed by atoms with E-state index in [9.17, 15) is 0 Å². The van der Waals surface area contributed by atoms with Gasteiger partial charge in [-0.3, -0.25) is 0 Å². The SMILES string of the molecule is CC.CC.CC/C=C(/CCCC)C(CN)C/C=C\Cc1ccc(C)cc1.CCC.CN.[HH]. The first kappa shape index (κ1) is 37.0. The van der Waals surface area contributed by atoms with Crippen LogP contribution < -0.4 is 11.5 Å². The number of aryl methyl sites for hydroxylation is 1. The van der Waals surface area contributed by atoms with Crippen molar-refractivity contribution in [3.63, 3.8) is 0 Å². The van der Waals surface area contributed by atoms with Crippen LogP contribution in [-0.4, -0.2) is 13.6 Å². The largest absolute Gasteiger partial charge is 0.333 e. The topological polar surface area (TPSA) is 52.0 Å². The summed E-state index contributed by atoms with van der Waals surface area (Å²) in [5, 5.41) is 0. The molecule has 31 heavy (non-hydrogen) atoms. The van der Waals surface area contributed by atoms with Gasteiger partial charge in [0.2, 0.25) is 0 Å². The second-order valence-electron chi connectivity index (χ2n) is 6.83. The second-order valence-corrected chi connectivity index (χ2v) is 6.83. The maximum Gasteiger partial charge on any atom is 0 e. The molecule has 0 fully saturated rings. The summed E-state index contributed by atoms with van der Waals surface area (Å²) in [6.07, 6.45) is 15.2. The minimum atomic E-state index is 0. The van der Waals surface area contributed by atoms with Crippen molar-refractivity contribution in [2.45, 2.75) is 107 Å². The van der Waals surface area contributed by atoms with Crippen LogP contribution in [0.25, 0.3) is 0 Å². The highest BCUT2D eigenvalue weighted by Gasteiger charge is 2.10. The van der Waals surface area contributed by atoms with Crippen molar-refractivity contribution in [1.29, 1.82) is 0 Å². The van der Waals surface area contributed by atoms with Gasteiger partial charge >= 0.3 is 0 Å². The zero-order valence-corrected chi connectivity index (χ0v) is 22.9. The molecule has 0 aromatic heterocycles. The smallest absolute Gasteiger partial charge is 0 e. The predicted molar refractivity (Wildman–Crippen MR) is 150 cm³/mol. The van der Waals surface area contributed by atoms with E-state index in [4.69, 9.17) is 5.73 Å². The lowest BCUT2D eigenvalue weighted by Crippen LogP contribution is -2.16. The molecule has 1 aromatic rings. The van der Waals surface area contributed by atoms with Crippen LogP contribution in [0.1, 0.15) is 106 Å². The fourth-order valence-electron chi connectivity index (χ4n) is 2.72. The second kappa shape index (κ2) is 33.3. The van der Waals surface area contributed by atoms with Crippen molar-refractivity contribution in [2.75, 3.05) is 13.6 Å². The Morgan fingerprint density at radius 3 is 1.87 bits per heavy atom. The van der Waals surface area contributed by atoms with E-state index < -0.39 is 0 Å². The fraction of sp³-hybridized carbons (Fsp3) is 0.655. The van der Waals surface area contributed by atoms with Crippen LogP contribution in [0.3, 0.4) is 0 Å². The van der Waals surface area contributed by atoms with Crippen molar-refractivity contribution in [3.05, 3.63) is 59.2 Å². The lowest BCUT2D eigenvalue weighted by Gasteiger charge is -2.17. The van der Waals surface area contributed by atoms with Gasteiger partial charge in [0.15, 0.2) is 0 Å². The molecule has 2 heteroatoms. The highest BCUT2D eigenvalue weighted by Crippen LogP contribution is 2.21.